The van der Waals surface area contributed by atoms with Crippen molar-refractivity contribution in [2.75, 3.05) is 11.9 Å². The Morgan fingerprint density at radius 2 is 2.19 bits per heavy atom. The van der Waals surface area contributed by atoms with Crippen molar-refractivity contribution in [3.63, 3.8) is 0 Å². The van der Waals surface area contributed by atoms with Crippen LogP contribution >= 0.6 is 11.3 Å². The number of nitrogens with one attached hydrogen (secondary N) is 1. The number of carbonyl (C=O) groups excluding carboxylic acids is 1. The number of thiazole rings is 1. The van der Waals surface area contributed by atoms with Crippen LogP contribution in [0.3, 0.4) is 0 Å². The molecule has 8 heteroatoms. The minimum absolute atomic E-state index is 0.223. The second-order valence-electron chi connectivity index (χ2n) is 5.44. The molecule has 0 spiro atoms. The van der Waals surface area contributed by atoms with Crippen LogP contribution in [0.1, 0.15) is 17.4 Å². The molecule has 0 aliphatic heterocycles. The van der Waals surface area contributed by atoms with Crippen molar-refractivity contribution in [2.24, 2.45) is 0 Å². The van der Waals surface area contributed by atoms with Crippen LogP contribution in [0, 0.1) is 0 Å². The zero-order valence-electron chi connectivity index (χ0n) is 13.9. The molecule has 0 fully saturated rings. The molecule has 1 aromatic carbocycles. The Morgan fingerprint density at radius 3 is 2.96 bits per heavy atom. The van der Waals surface area contributed by atoms with Crippen LogP contribution in [0.15, 0.2) is 54.2 Å². The number of aromatic nitrogens is 4. The van der Waals surface area contributed by atoms with Crippen molar-refractivity contribution in [1.82, 2.24) is 19.6 Å². The van der Waals surface area contributed by atoms with Gasteiger partial charge < -0.3 is 10.1 Å². The summed E-state index contributed by atoms with van der Waals surface area (Å²) in [4.78, 5) is 17.9. The molecule has 130 valence electrons. The van der Waals surface area contributed by atoms with Gasteiger partial charge in [0.1, 0.15) is 0 Å². The highest BCUT2D eigenvalue weighted by atomic mass is 32.1. The van der Waals surface area contributed by atoms with E-state index in [0.29, 0.717) is 18.2 Å². The molecule has 0 bridgehead atoms. The number of amides is 1. The maximum atomic E-state index is 12.4. The fourth-order valence-electron chi connectivity index (χ4n) is 2.48. The normalized spacial score (nSPS) is 10.8. The first kappa shape index (κ1) is 16.2. The average molecular weight is 365 g/mol. The molecule has 1 amide bonds. The van der Waals surface area contributed by atoms with Gasteiger partial charge in [0.05, 0.1) is 12.3 Å². The number of hydrogen-bond acceptors (Lipinski definition) is 6. The number of fused-ring (bicyclic) bond motifs is 1. The quantitative estimate of drug-likeness (QED) is 0.585. The van der Waals surface area contributed by atoms with Gasteiger partial charge in [0.2, 0.25) is 5.88 Å². The summed E-state index contributed by atoms with van der Waals surface area (Å²) in [7, 11) is 0. The van der Waals surface area contributed by atoms with Gasteiger partial charge in [0.15, 0.2) is 10.7 Å². The van der Waals surface area contributed by atoms with E-state index in [-0.39, 0.29) is 11.6 Å². The lowest BCUT2D eigenvalue weighted by Gasteiger charge is -2.06. The largest absolute Gasteiger partial charge is 0.477 e. The Hall–Kier alpha value is -3.26. The number of nitrogens with zero attached hydrogens (tertiary/aromatic N) is 4. The first-order valence-electron chi connectivity index (χ1n) is 8.03. The highest BCUT2D eigenvalue weighted by Gasteiger charge is 2.11. The van der Waals surface area contributed by atoms with Crippen LogP contribution in [0.5, 0.6) is 5.88 Å². The van der Waals surface area contributed by atoms with E-state index in [2.05, 4.69) is 20.5 Å². The van der Waals surface area contributed by atoms with Gasteiger partial charge in [-0.25, -0.2) is 4.98 Å². The predicted octanol–water partition coefficient (Wildman–Crippen LogP) is 3.50. The predicted molar refractivity (Wildman–Crippen MR) is 99.7 cm³/mol. The molecule has 4 rings (SSSR count). The SMILES string of the molecule is CCOc1ccc(C(=O)Nc2cccc(-c3cn4ccsc4n3)c2)nn1. The third-order valence-electron chi connectivity index (χ3n) is 3.67. The monoisotopic (exact) mass is 365 g/mol. The van der Waals surface area contributed by atoms with E-state index < -0.39 is 0 Å². The van der Waals surface area contributed by atoms with Crippen molar-refractivity contribution in [3.05, 3.63) is 59.9 Å². The summed E-state index contributed by atoms with van der Waals surface area (Å²) in [5.41, 5.74) is 2.67. The Bertz CT molecular complexity index is 1030. The molecule has 7 nitrogen and oxygen atoms in total. The molecule has 0 unspecified atom stereocenters. The van der Waals surface area contributed by atoms with Crippen LogP contribution < -0.4 is 10.1 Å². The van der Waals surface area contributed by atoms with Crippen molar-refractivity contribution in [1.29, 1.82) is 0 Å². The van der Waals surface area contributed by atoms with E-state index in [1.807, 2.05) is 53.4 Å². The van der Waals surface area contributed by atoms with Gasteiger partial charge in [-0.3, -0.25) is 9.20 Å². The van der Waals surface area contributed by atoms with Crippen LogP contribution in [-0.2, 0) is 0 Å². The molecule has 0 aliphatic carbocycles. The number of benzene rings is 1. The van der Waals surface area contributed by atoms with E-state index in [1.54, 1.807) is 23.5 Å². The van der Waals surface area contributed by atoms with Crippen molar-refractivity contribution in [3.8, 4) is 17.1 Å². The fraction of sp³-hybridized carbons (Fsp3) is 0.111. The van der Waals surface area contributed by atoms with Gasteiger partial charge in [0, 0.05) is 35.1 Å². The number of carbonyl (C=O) groups is 1. The van der Waals surface area contributed by atoms with Gasteiger partial charge in [-0.15, -0.1) is 21.5 Å². The number of ether oxygens (including phenoxy) is 1. The zero-order chi connectivity index (χ0) is 17.9. The Kier molecular flexibility index (Phi) is 4.32. The molecular weight excluding hydrogens is 350 g/mol. The van der Waals surface area contributed by atoms with Gasteiger partial charge in [-0.05, 0) is 25.1 Å². The average Bonchev–Trinajstić information content (AvgIpc) is 3.25. The Balaban J connectivity index is 1.52. The Morgan fingerprint density at radius 1 is 1.27 bits per heavy atom. The van der Waals surface area contributed by atoms with E-state index in [0.717, 1.165) is 16.2 Å². The van der Waals surface area contributed by atoms with Crippen LogP contribution in [0.25, 0.3) is 16.2 Å². The molecule has 0 saturated heterocycles. The summed E-state index contributed by atoms with van der Waals surface area (Å²) < 4.78 is 7.20. The standard InChI is InChI=1S/C18H15N5O2S/c1-2-25-16-7-6-14(21-22-16)17(24)19-13-5-3-4-12(10-13)15-11-23-8-9-26-18(23)20-15/h3-11H,2H2,1H3,(H,19,24). The molecule has 26 heavy (non-hydrogen) atoms. The molecule has 3 aromatic heterocycles. The van der Waals surface area contributed by atoms with Crippen LogP contribution in [0.2, 0.25) is 0 Å². The highest BCUT2D eigenvalue weighted by Crippen LogP contribution is 2.24. The number of anilines is 1. The Labute approximate surface area is 153 Å². The third kappa shape index (κ3) is 3.27. The third-order valence-corrected chi connectivity index (χ3v) is 4.45. The zero-order valence-corrected chi connectivity index (χ0v) is 14.7. The molecule has 3 heterocycles. The molecule has 4 aromatic rings. The van der Waals surface area contributed by atoms with Crippen LogP contribution in [-0.4, -0.2) is 32.1 Å². The van der Waals surface area contributed by atoms with Gasteiger partial charge in [-0.2, -0.15) is 0 Å². The van der Waals surface area contributed by atoms with E-state index in [4.69, 9.17) is 4.74 Å². The van der Waals surface area contributed by atoms with Crippen LogP contribution in [0.4, 0.5) is 5.69 Å². The molecule has 0 aliphatic rings. The first-order chi connectivity index (χ1) is 12.7. The summed E-state index contributed by atoms with van der Waals surface area (Å²) in [6.45, 7) is 2.36. The minimum atomic E-state index is -0.330. The summed E-state index contributed by atoms with van der Waals surface area (Å²) in [6, 6.07) is 10.7. The lowest BCUT2D eigenvalue weighted by Crippen LogP contribution is -2.14. The summed E-state index contributed by atoms with van der Waals surface area (Å²) in [5.74, 6) is 0.0642. The summed E-state index contributed by atoms with van der Waals surface area (Å²) in [6.07, 6.45) is 3.93. The number of imidazole rings is 1. The van der Waals surface area contributed by atoms with E-state index in [1.165, 1.54) is 0 Å². The van der Waals surface area contributed by atoms with Gasteiger partial charge >= 0.3 is 0 Å². The minimum Gasteiger partial charge on any atom is -0.477 e. The molecular formula is C18H15N5O2S. The second-order valence-corrected chi connectivity index (χ2v) is 6.32. The second kappa shape index (κ2) is 6.93. The topological polar surface area (TPSA) is 81.4 Å². The lowest BCUT2D eigenvalue weighted by molar-refractivity contribution is 0.102. The van der Waals surface area contributed by atoms with Gasteiger partial charge in [0.25, 0.3) is 5.91 Å². The highest BCUT2D eigenvalue weighted by molar-refractivity contribution is 7.15. The molecule has 0 atom stereocenters. The van der Waals surface area contributed by atoms with E-state index >= 15 is 0 Å². The van der Waals surface area contributed by atoms with Crippen molar-refractivity contribution in [2.45, 2.75) is 6.92 Å². The molecule has 0 saturated carbocycles. The molecule has 1 N–H and O–H groups in total. The fourth-order valence-corrected chi connectivity index (χ4v) is 3.18. The summed E-state index contributed by atoms with van der Waals surface area (Å²) >= 11 is 1.58. The maximum absolute atomic E-state index is 12.4. The van der Waals surface area contributed by atoms with Gasteiger partial charge in [-0.1, -0.05) is 12.1 Å². The maximum Gasteiger partial charge on any atom is 0.276 e. The molecule has 0 radical (unpaired) electrons. The number of rotatable bonds is 5. The lowest BCUT2D eigenvalue weighted by atomic mass is 10.1. The first-order valence-corrected chi connectivity index (χ1v) is 8.91. The van der Waals surface area contributed by atoms with E-state index in [9.17, 15) is 4.79 Å². The number of hydrogen-bond donors (Lipinski definition) is 1. The summed E-state index contributed by atoms with van der Waals surface area (Å²) in [5, 5.41) is 12.6. The van der Waals surface area contributed by atoms with Crippen molar-refractivity contribution < 1.29 is 9.53 Å². The smallest absolute Gasteiger partial charge is 0.276 e. The van der Waals surface area contributed by atoms with Crippen molar-refractivity contribution >= 4 is 27.9 Å².